The molecule has 1 amide bonds. The molecule has 0 radical (unpaired) electrons. The SMILES string of the molecule is C#CCCC1(CCC(=O)N2CCN(c3nsc(C4CC4)n3)CC2)N=N1. The molecule has 2 fully saturated rings. The van der Waals surface area contributed by atoms with Gasteiger partial charge in [0, 0.05) is 57.8 Å². The number of carbonyl (C=O) groups excluding carboxylic acids is 1. The van der Waals surface area contributed by atoms with Crippen LogP contribution in [0.3, 0.4) is 0 Å². The molecule has 4 rings (SSSR count). The van der Waals surface area contributed by atoms with Crippen LogP contribution in [0, 0.1) is 12.3 Å². The van der Waals surface area contributed by atoms with Crippen molar-refractivity contribution in [2.75, 3.05) is 31.1 Å². The van der Waals surface area contributed by atoms with E-state index >= 15 is 0 Å². The van der Waals surface area contributed by atoms with Crippen LogP contribution < -0.4 is 4.90 Å². The van der Waals surface area contributed by atoms with Crippen LogP contribution >= 0.6 is 11.5 Å². The third kappa shape index (κ3) is 3.82. The van der Waals surface area contributed by atoms with Crippen LogP contribution in [0.5, 0.6) is 0 Å². The lowest BCUT2D eigenvalue weighted by atomic mass is 10.0. The Kier molecular flexibility index (Phi) is 4.42. The molecule has 0 N–H and O–H groups in total. The molecule has 3 aliphatic rings. The molecule has 1 aliphatic carbocycles. The van der Waals surface area contributed by atoms with Crippen molar-refractivity contribution in [3.63, 3.8) is 0 Å². The fourth-order valence-electron chi connectivity index (χ4n) is 3.14. The highest BCUT2D eigenvalue weighted by Crippen LogP contribution is 2.41. The van der Waals surface area contributed by atoms with Crippen molar-refractivity contribution in [2.45, 2.75) is 50.1 Å². The van der Waals surface area contributed by atoms with Crippen LogP contribution in [0.25, 0.3) is 0 Å². The Morgan fingerprint density at radius 3 is 2.64 bits per heavy atom. The number of terminal acetylenes is 1. The van der Waals surface area contributed by atoms with Crippen LogP contribution in [0.4, 0.5) is 5.95 Å². The molecule has 0 spiro atoms. The molecule has 2 aliphatic heterocycles. The zero-order chi connectivity index (χ0) is 17.3. The van der Waals surface area contributed by atoms with Crippen LogP contribution in [-0.2, 0) is 4.79 Å². The molecule has 132 valence electrons. The largest absolute Gasteiger partial charge is 0.339 e. The maximum atomic E-state index is 12.4. The van der Waals surface area contributed by atoms with Gasteiger partial charge in [-0.3, -0.25) is 4.79 Å². The second-order valence-electron chi connectivity index (χ2n) is 6.96. The summed E-state index contributed by atoms with van der Waals surface area (Å²) in [5.74, 6) is 4.28. The maximum Gasteiger partial charge on any atom is 0.237 e. The van der Waals surface area contributed by atoms with Crippen LogP contribution in [-0.4, -0.2) is 52.0 Å². The number of rotatable bonds is 7. The van der Waals surface area contributed by atoms with Gasteiger partial charge in [-0.15, -0.1) is 12.3 Å². The van der Waals surface area contributed by atoms with Crippen molar-refractivity contribution in [3.05, 3.63) is 5.01 Å². The lowest BCUT2D eigenvalue weighted by Crippen LogP contribution is -2.49. The molecular formula is C17H22N6OS. The molecule has 7 nitrogen and oxygen atoms in total. The quantitative estimate of drug-likeness (QED) is 0.702. The van der Waals surface area contributed by atoms with Gasteiger partial charge in [0.05, 0.1) is 0 Å². The predicted octanol–water partition coefficient (Wildman–Crippen LogP) is 2.42. The van der Waals surface area contributed by atoms with Gasteiger partial charge in [0.15, 0.2) is 5.66 Å². The summed E-state index contributed by atoms with van der Waals surface area (Å²) in [5.41, 5.74) is -0.367. The minimum absolute atomic E-state index is 0.182. The summed E-state index contributed by atoms with van der Waals surface area (Å²) in [6.07, 6.45) is 10.4. The first-order valence-corrected chi connectivity index (χ1v) is 9.70. The average molecular weight is 358 g/mol. The zero-order valence-corrected chi connectivity index (χ0v) is 15.0. The van der Waals surface area contributed by atoms with E-state index in [1.54, 1.807) is 0 Å². The molecule has 25 heavy (non-hydrogen) atoms. The lowest BCUT2D eigenvalue weighted by Gasteiger charge is -2.34. The topological polar surface area (TPSA) is 74.1 Å². The van der Waals surface area contributed by atoms with Gasteiger partial charge in [0.1, 0.15) is 5.01 Å². The Balaban J connectivity index is 1.22. The average Bonchev–Trinajstić information content (AvgIpc) is 3.58. The Hall–Kier alpha value is -2.01. The van der Waals surface area contributed by atoms with Gasteiger partial charge in [0.2, 0.25) is 11.9 Å². The van der Waals surface area contributed by atoms with E-state index in [4.69, 9.17) is 6.42 Å². The van der Waals surface area contributed by atoms with Gasteiger partial charge < -0.3 is 9.80 Å². The Morgan fingerprint density at radius 1 is 1.24 bits per heavy atom. The fraction of sp³-hybridized carbons (Fsp3) is 0.706. The van der Waals surface area contributed by atoms with Crippen LogP contribution in [0.1, 0.15) is 49.5 Å². The van der Waals surface area contributed by atoms with Gasteiger partial charge in [-0.2, -0.15) is 14.6 Å². The molecule has 1 aromatic rings. The number of amides is 1. The van der Waals surface area contributed by atoms with Gasteiger partial charge in [-0.25, -0.2) is 4.98 Å². The smallest absolute Gasteiger partial charge is 0.237 e. The molecule has 0 aromatic carbocycles. The van der Waals surface area contributed by atoms with E-state index < -0.39 is 0 Å². The van der Waals surface area contributed by atoms with E-state index in [-0.39, 0.29) is 11.6 Å². The summed E-state index contributed by atoms with van der Waals surface area (Å²) in [7, 11) is 0. The maximum absolute atomic E-state index is 12.4. The number of anilines is 1. The first kappa shape index (κ1) is 16.5. The van der Waals surface area contributed by atoms with Crippen molar-refractivity contribution in [3.8, 4) is 12.3 Å². The highest BCUT2D eigenvalue weighted by molar-refractivity contribution is 7.05. The van der Waals surface area contributed by atoms with E-state index in [9.17, 15) is 4.79 Å². The van der Waals surface area contributed by atoms with Crippen molar-refractivity contribution >= 4 is 23.4 Å². The van der Waals surface area contributed by atoms with Gasteiger partial charge >= 0.3 is 0 Å². The Labute approximate surface area is 151 Å². The standard InChI is InChI=1S/C17H22N6OS/c1-2-3-7-17(20-21-17)8-6-14(24)22-9-11-23(12-10-22)16-18-15(25-19-16)13-4-5-13/h1,13H,3-12H2. The molecular weight excluding hydrogens is 336 g/mol. The third-order valence-electron chi connectivity index (χ3n) is 5.06. The van der Waals surface area contributed by atoms with Crippen molar-refractivity contribution in [2.24, 2.45) is 10.2 Å². The monoisotopic (exact) mass is 358 g/mol. The van der Waals surface area contributed by atoms with Crippen LogP contribution in [0.15, 0.2) is 10.2 Å². The normalized spacial score (nSPS) is 21.2. The second-order valence-corrected chi connectivity index (χ2v) is 7.74. The first-order chi connectivity index (χ1) is 12.2. The van der Waals surface area contributed by atoms with Gasteiger partial charge in [-0.05, 0) is 24.4 Å². The molecule has 1 saturated carbocycles. The number of piperazine rings is 1. The second kappa shape index (κ2) is 6.71. The van der Waals surface area contributed by atoms with Crippen molar-refractivity contribution < 1.29 is 4.79 Å². The zero-order valence-electron chi connectivity index (χ0n) is 14.2. The van der Waals surface area contributed by atoms with E-state index in [1.807, 2.05) is 4.90 Å². The van der Waals surface area contributed by atoms with Gasteiger partial charge in [-0.1, -0.05) is 0 Å². The minimum Gasteiger partial charge on any atom is -0.339 e. The third-order valence-corrected chi connectivity index (χ3v) is 5.93. The summed E-state index contributed by atoms with van der Waals surface area (Å²) in [5, 5.41) is 9.36. The summed E-state index contributed by atoms with van der Waals surface area (Å²) >= 11 is 1.53. The highest BCUT2D eigenvalue weighted by atomic mass is 32.1. The molecule has 0 unspecified atom stereocenters. The molecule has 0 bridgehead atoms. The minimum atomic E-state index is -0.367. The summed E-state index contributed by atoms with van der Waals surface area (Å²) in [6, 6.07) is 0. The summed E-state index contributed by atoms with van der Waals surface area (Å²) in [4.78, 5) is 21.2. The molecule has 3 heterocycles. The number of carbonyl (C=O) groups is 1. The Bertz CT molecular complexity index is 705. The van der Waals surface area contributed by atoms with Crippen molar-refractivity contribution in [1.29, 1.82) is 0 Å². The molecule has 8 heteroatoms. The van der Waals surface area contributed by atoms with E-state index in [1.165, 1.54) is 29.4 Å². The van der Waals surface area contributed by atoms with E-state index in [2.05, 4.69) is 30.4 Å². The van der Waals surface area contributed by atoms with E-state index in [0.717, 1.165) is 38.5 Å². The Morgan fingerprint density at radius 2 is 2.00 bits per heavy atom. The van der Waals surface area contributed by atoms with Gasteiger partial charge in [0.25, 0.3) is 0 Å². The number of hydrogen-bond acceptors (Lipinski definition) is 7. The number of aromatic nitrogens is 2. The highest BCUT2D eigenvalue weighted by Gasteiger charge is 2.39. The number of nitrogens with zero attached hydrogens (tertiary/aromatic N) is 6. The molecule has 0 atom stereocenters. The molecule has 1 aromatic heterocycles. The van der Waals surface area contributed by atoms with Crippen molar-refractivity contribution in [1.82, 2.24) is 14.3 Å². The number of hydrogen-bond donors (Lipinski definition) is 0. The van der Waals surface area contributed by atoms with E-state index in [0.29, 0.717) is 25.2 Å². The predicted molar refractivity (Wildman–Crippen MR) is 95.6 cm³/mol. The first-order valence-electron chi connectivity index (χ1n) is 8.93. The summed E-state index contributed by atoms with van der Waals surface area (Å²) < 4.78 is 4.49. The summed E-state index contributed by atoms with van der Waals surface area (Å²) in [6.45, 7) is 3.04. The molecule has 1 saturated heterocycles. The lowest BCUT2D eigenvalue weighted by molar-refractivity contribution is -0.131. The fourth-order valence-corrected chi connectivity index (χ4v) is 3.98. The van der Waals surface area contributed by atoms with Crippen LogP contribution in [0.2, 0.25) is 0 Å².